The highest BCUT2D eigenvalue weighted by Gasteiger charge is 2.01. The summed E-state index contributed by atoms with van der Waals surface area (Å²) in [4.78, 5) is 4.23. The van der Waals surface area contributed by atoms with Gasteiger partial charge >= 0.3 is 0 Å². The molecule has 88 valence electrons. The Morgan fingerprint density at radius 1 is 1.29 bits per heavy atom. The maximum absolute atomic E-state index is 13.1. The van der Waals surface area contributed by atoms with Gasteiger partial charge in [0.15, 0.2) is 0 Å². The summed E-state index contributed by atoms with van der Waals surface area (Å²) >= 11 is 4.87. The summed E-state index contributed by atoms with van der Waals surface area (Å²) in [5.74, 6) is 0.348. The molecule has 0 amide bonds. The Bertz CT molecular complexity index is 496. The van der Waals surface area contributed by atoms with Gasteiger partial charge in [-0.1, -0.05) is 0 Å². The van der Waals surface area contributed by atoms with Crippen molar-refractivity contribution in [3.8, 4) is 0 Å². The van der Waals surface area contributed by atoms with Gasteiger partial charge in [0.25, 0.3) is 0 Å². The predicted molar refractivity (Wildman–Crippen MR) is 72.3 cm³/mol. The second-order valence-corrected chi connectivity index (χ2v) is 5.41. The first kappa shape index (κ1) is 12.4. The number of nitrogen functional groups attached to an aromatic ring is 1. The van der Waals surface area contributed by atoms with E-state index in [2.05, 4.69) is 20.9 Å². The zero-order valence-electron chi connectivity index (χ0n) is 8.86. The molecule has 2 N–H and O–H groups in total. The molecule has 0 spiro atoms. The van der Waals surface area contributed by atoms with Crippen molar-refractivity contribution in [2.24, 2.45) is 0 Å². The third-order valence-corrected chi connectivity index (χ3v) is 3.55. The molecule has 5 heteroatoms. The largest absolute Gasteiger partial charge is 0.399 e. The van der Waals surface area contributed by atoms with E-state index >= 15 is 0 Å². The summed E-state index contributed by atoms with van der Waals surface area (Å²) in [5, 5.41) is 0.899. The van der Waals surface area contributed by atoms with Crippen molar-refractivity contribution in [2.75, 3.05) is 5.73 Å². The summed E-state index contributed by atoms with van der Waals surface area (Å²) in [6.07, 6.45) is 1.74. The lowest BCUT2D eigenvalue weighted by molar-refractivity contribution is 0.627. The fourth-order valence-electron chi connectivity index (χ4n) is 1.36. The van der Waals surface area contributed by atoms with Crippen molar-refractivity contribution in [1.29, 1.82) is 0 Å². The van der Waals surface area contributed by atoms with Gasteiger partial charge < -0.3 is 5.73 Å². The number of thioether (sulfide) groups is 1. The van der Waals surface area contributed by atoms with Crippen molar-refractivity contribution in [3.05, 3.63) is 52.4 Å². The molecule has 0 saturated heterocycles. The van der Waals surface area contributed by atoms with Crippen LogP contribution in [-0.4, -0.2) is 4.98 Å². The number of rotatable bonds is 3. The Morgan fingerprint density at radius 2 is 2.12 bits per heavy atom. The van der Waals surface area contributed by atoms with E-state index in [9.17, 15) is 4.39 Å². The van der Waals surface area contributed by atoms with E-state index < -0.39 is 0 Å². The zero-order valence-corrected chi connectivity index (χ0v) is 11.3. The molecule has 1 aromatic carbocycles. The van der Waals surface area contributed by atoms with E-state index in [1.165, 1.54) is 12.1 Å². The molecule has 0 unspecified atom stereocenters. The molecular weight excluding hydrogens is 303 g/mol. The van der Waals surface area contributed by atoms with Crippen LogP contribution in [0.2, 0.25) is 0 Å². The van der Waals surface area contributed by atoms with Gasteiger partial charge in [-0.3, -0.25) is 0 Å². The van der Waals surface area contributed by atoms with Crippen molar-refractivity contribution in [1.82, 2.24) is 4.98 Å². The van der Waals surface area contributed by atoms with Crippen LogP contribution in [-0.2, 0) is 5.75 Å². The summed E-state index contributed by atoms with van der Waals surface area (Å²) in [6, 6.07) is 8.41. The number of aromatic nitrogens is 1. The van der Waals surface area contributed by atoms with Crippen LogP contribution in [0.15, 0.2) is 46.0 Å². The topological polar surface area (TPSA) is 38.9 Å². The minimum Gasteiger partial charge on any atom is -0.399 e. The number of halogens is 2. The Kier molecular flexibility index (Phi) is 4.02. The van der Waals surface area contributed by atoms with E-state index in [-0.39, 0.29) is 5.82 Å². The van der Waals surface area contributed by atoms with Crippen LogP contribution >= 0.6 is 27.7 Å². The molecule has 0 atom stereocenters. The molecule has 1 aromatic heterocycles. The number of nitrogens with zero attached hydrogens (tertiary/aromatic N) is 1. The highest BCUT2D eigenvalue weighted by atomic mass is 79.9. The third-order valence-electron chi connectivity index (χ3n) is 2.07. The second-order valence-electron chi connectivity index (χ2n) is 3.50. The minimum absolute atomic E-state index is 0.302. The third kappa shape index (κ3) is 3.71. The predicted octanol–water partition coefficient (Wildman–Crippen LogP) is 3.86. The lowest BCUT2D eigenvalue weighted by Gasteiger charge is -2.03. The maximum Gasteiger partial charge on any atom is 0.125 e. The number of benzene rings is 1. The van der Waals surface area contributed by atoms with Crippen LogP contribution < -0.4 is 5.73 Å². The molecule has 0 bridgehead atoms. The molecule has 0 fully saturated rings. The summed E-state index contributed by atoms with van der Waals surface area (Å²) in [5.41, 5.74) is 6.88. The number of anilines is 1. The quantitative estimate of drug-likeness (QED) is 0.691. The van der Waals surface area contributed by atoms with Gasteiger partial charge in [-0.15, -0.1) is 11.8 Å². The fourth-order valence-corrected chi connectivity index (χ4v) is 2.37. The first-order valence-electron chi connectivity index (χ1n) is 4.93. The van der Waals surface area contributed by atoms with Crippen molar-refractivity contribution in [2.45, 2.75) is 10.8 Å². The first-order chi connectivity index (χ1) is 8.13. The van der Waals surface area contributed by atoms with Gasteiger partial charge in [0.05, 0.1) is 5.03 Å². The summed E-state index contributed by atoms with van der Waals surface area (Å²) in [6.45, 7) is 0. The van der Waals surface area contributed by atoms with Gasteiger partial charge in [0, 0.05) is 22.1 Å². The monoisotopic (exact) mass is 312 g/mol. The molecular formula is C12H10BrFN2S. The molecule has 0 aliphatic heterocycles. The van der Waals surface area contributed by atoms with Crippen molar-refractivity contribution in [3.63, 3.8) is 0 Å². The standard InChI is InChI=1S/C12H10BrFN2S/c13-9-1-2-12(16-6-9)17-7-8-3-10(14)5-11(15)4-8/h1-6H,7,15H2. The Morgan fingerprint density at radius 3 is 2.76 bits per heavy atom. The Hall–Kier alpha value is -1.07. The van der Waals surface area contributed by atoms with E-state index in [0.29, 0.717) is 11.4 Å². The molecule has 0 radical (unpaired) electrons. The lowest BCUT2D eigenvalue weighted by Crippen LogP contribution is -1.90. The number of hydrogen-bond acceptors (Lipinski definition) is 3. The molecule has 2 aromatic rings. The molecule has 17 heavy (non-hydrogen) atoms. The Balaban J connectivity index is 2.04. The van der Waals surface area contributed by atoms with E-state index in [1.807, 2.05) is 12.1 Å². The molecule has 2 nitrogen and oxygen atoms in total. The van der Waals surface area contributed by atoms with Gasteiger partial charge in [0.1, 0.15) is 5.82 Å². The number of nitrogens with two attached hydrogens (primary N) is 1. The van der Waals surface area contributed by atoms with Crippen LogP contribution in [0, 0.1) is 5.82 Å². The fraction of sp³-hybridized carbons (Fsp3) is 0.0833. The number of hydrogen-bond donors (Lipinski definition) is 1. The summed E-state index contributed by atoms with van der Waals surface area (Å²) in [7, 11) is 0. The number of pyridine rings is 1. The highest BCUT2D eigenvalue weighted by molar-refractivity contribution is 9.10. The van der Waals surface area contributed by atoms with Crippen LogP contribution in [0.5, 0.6) is 0 Å². The van der Waals surface area contributed by atoms with Crippen LogP contribution in [0.3, 0.4) is 0 Å². The van der Waals surface area contributed by atoms with Crippen LogP contribution in [0.25, 0.3) is 0 Å². The van der Waals surface area contributed by atoms with Crippen LogP contribution in [0.1, 0.15) is 5.56 Å². The van der Waals surface area contributed by atoms with Crippen LogP contribution in [0.4, 0.5) is 10.1 Å². The first-order valence-corrected chi connectivity index (χ1v) is 6.70. The van der Waals surface area contributed by atoms with E-state index in [0.717, 1.165) is 15.1 Å². The smallest absolute Gasteiger partial charge is 0.125 e. The lowest BCUT2D eigenvalue weighted by atomic mass is 10.2. The maximum atomic E-state index is 13.1. The second kappa shape index (κ2) is 5.51. The van der Waals surface area contributed by atoms with Gasteiger partial charge in [-0.05, 0) is 51.8 Å². The van der Waals surface area contributed by atoms with Gasteiger partial charge in [-0.25, -0.2) is 9.37 Å². The molecule has 2 rings (SSSR count). The minimum atomic E-state index is -0.302. The van der Waals surface area contributed by atoms with Crippen molar-refractivity contribution < 1.29 is 4.39 Å². The Labute approximate surface area is 112 Å². The zero-order chi connectivity index (χ0) is 12.3. The van der Waals surface area contributed by atoms with Gasteiger partial charge in [-0.2, -0.15) is 0 Å². The molecule has 0 aliphatic rings. The molecule has 1 heterocycles. The molecule has 0 aliphatic carbocycles. The normalized spacial score (nSPS) is 10.5. The highest BCUT2D eigenvalue weighted by Crippen LogP contribution is 2.23. The van der Waals surface area contributed by atoms with Gasteiger partial charge in [0.2, 0.25) is 0 Å². The average Bonchev–Trinajstić information content (AvgIpc) is 2.27. The average molecular weight is 313 g/mol. The molecule has 0 saturated carbocycles. The van der Waals surface area contributed by atoms with E-state index in [4.69, 9.17) is 5.73 Å². The SMILES string of the molecule is Nc1cc(F)cc(CSc2ccc(Br)cn2)c1. The van der Waals surface area contributed by atoms with Crippen molar-refractivity contribution >= 4 is 33.4 Å². The van der Waals surface area contributed by atoms with E-state index in [1.54, 1.807) is 24.0 Å². The summed E-state index contributed by atoms with van der Waals surface area (Å²) < 4.78 is 14.0.